The van der Waals surface area contributed by atoms with E-state index in [1.165, 1.54) is 10.9 Å². The van der Waals surface area contributed by atoms with Crippen molar-refractivity contribution in [3.8, 4) is 0 Å². The lowest BCUT2D eigenvalue weighted by Crippen LogP contribution is -2.51. The summed E-state index contributed by atoms with van der Waals surface area (Å²) in [4.78, 5) is 62.2. The van der Waals surface area contributed by atoms with E-state index in [2.05, 4.69) is 20.5 Å². The second kappa shape index (κ2) is 13.7. The number of anilines is 2. The Morgan fingerprint density at radius 2 is 1.88 bits per heavy atom. The number of carbonyl (C=O) groups excluding carboxylic acids is 2. The highest BCUT2D eigenvalue weighted by Gasteiger charge is 2.33. The summed E-state index contributed by atoms with van der Waals surface area (Å²) in [7, 11) is 0. The lowest BCUT2D eigenvalue weighted by atomic mass is 9.93. The molecule has 18 heteroatoms. The van der Waals surface area contributed by atoms with Crippen molar-refractivity contribution in [2.75, 3.05) is 49.6 Å². The first-order valence-electron chi connectivity index (χ1n) is 16.7. The van der Waals surface area contributed by atoms with Gasteiger partial charge >= 0.3 is 6.18 Å². The molecule has 2 N–H and O–H groups in total. The standard InChI is InChI=1S/C33H35ClF3N9O5/c1-2-25-27(42-10-12-43(13-11-42)29(48)22-17-38-45(30(22)49)21-4-3-5-21)31(50)46-32(40-28(41-46)19-8-14-51-15-9-19)44(25)18-26(47)39-24-7-6-20(16-23(24)34)33(35,36)37/h6-8,16-17,21,38H,2-5,9-15,18H2,1H3,(H,39,47). The summed E-state index contributed by atoms with van der Waals surface area (Å²) in [6.45, 7) is 3.26. The molecule has 270 valence electrons. The Bertz CT molecular complexity index is 2160. The van der Waals surface area contributed by atoms with Gasteiger partial charge in [-0.15, -0.1) is 5.10 Å². The maximum Gasteiger partial charge on any atom is 0.416 e. The highest BCUT2D eigenvalue weighted by molar-refractivity contribution is 6.33. The maximum atomic E-state index is 14.2. The number of hydrogen-bond acceptors (Lipinski definition) is 8. The SMILES string of the molecule is CCc1c(N2CCN(C(=O)c3c[nH]n(C4CCC4)c3=O)CC2)c(=O)n2nc(C3=CCOCC3)nc2n1CC(=O)Nc1ccc(C(F)(F)F)cc1Cl. The molecule has 3 aliphatic rings. The van der Waals surface area contributed by atoms with Crippen LogP contribution in [0.4, 0.5) is 24.5 Å². The van der Waals surface area contributed by atoms with Crippen molar-refractivity contribution in [1.82, 2.24) is 33.8 Å². The second-order valence-corrected chi connectivity index (χ2v) is 13.1. The zero-order valence-corrected chi connectivity index (χ0v) is 28.4. The van der Waals surface area contributed by atoms with Crippen LogP contribution in [0.2, 0.25) is 5.02 Å². The van der Waals surface area contributed by atoms with E-state index in [1.807, 2.05) is 17.9 Å². The zero-order valence-electron chi connectivity index (χ0n) is 27.6. The Hall–Kier alpha value is -4.90. The van der Waals surface area contributed by atoms with Gasteiger partial charge in [-0.25, -0.2) is 4.68 Å². The molecule has 1 saturated heterocycles. The molecule has 0 spiro atoms. The van der Waals surface area contributed by atoms with Gasteiger partial charge in [0.1, 0.15) is 17.8 Å². The lowest BCUT2D eigenvalue weighted by Gasteiger charge is -2.36. The molecule has 14 nitrogen and oxygen atoms in total. The highest BCUT2D eigenvalue weighted by Crippen LogP contribution is 2.34. The van der Waals surface area contributed by atoms with E-state index in [0.717, 1.165) is 47.6 Å². The molecule has 0 atom stereocenters. The minimum atomic E-state index is -4.61. The molecule has 5 heterocycles. The van der Waals surface area contributed by atoms with Crippen LogP contribution in [0, 0.1) is 0 Å². The predicted octanol–water partition coefficient (Wildman–Crippen LogP) is 3.75. The van der Waals surface area contributed by atoms with Gasteiger partial charge in [0.2, 0.25) is 11.7 Å². The van der Waals surface area contributed by atoms with Gasteiger partial charge in [0, 0.05) is 32.4 Å². The smallest absolute Gasteiger partial charge is 0.377 e. The Balaban J connectivity index is 1.20. The van der Waals surface area contributed by atoms with E-state index in [1.54, 1.807) is 9.47 Å². The van der Waals surface area contributed by atoms with Crippen LogP contribution in [-0.4, -0.2) is 85.1 Å². The van der Waals surface area contributed by atoms with Crippen molar-refractivity contribution < 1.29 is 27.5 Å². The van der Waals surface area contributed by atoms with Crippen LogP contribution in [0.3, 0.4) is 0 Å². The van der Waals surface area contributed by atoms with Crippen molar-refractivity contribution in [1.29, 1.82) is 0 Å². The normalized spacial score (nSPS) is 17.1. The molecular weight excluding hydrogens is 695 g/mol. The summed E-state index contributed by atoms with van der Waals surface area (Å²) in [6.07, 6.45) is 2.31. The number of rotatable bonds is 8. The monoisotopic (exact) mass is 729 g/mol. The Morgan fingerprint density at radius 1 is 1.12 bits per heavy atom. The zero-order chi connectivity index (χ0) is 36.0. The number of piperazine rings is 1. The number of fused-ring (bicyclic) bond motifs is 1. The first kappa shape index (κ1) is 34.5. The van der Waals surface area contributed by atoms with Crippen LogP contribution in [0.15, 0.2) is 40.1 Å². The highest BCUT2D eigenvalue weighted by atomic mass is 35.5. The fraction of sp³-hybridized carbons (Fsp3) is 0.455. The largest absolute Gasteiger partial charge is 0.416 e. The number of benzene rings is 1. The number of halogens is 4. The Morgan fingerprint density at radius 3 is 2.51 bits per heavy atom. The first-order chi connectivity index (χ1) is 24.4. The number of alkyl halides is 3. The molecule has 1 aromatic carbocycles. The number of nitrogens with one attached hydrogen (secondary N) is 2. The van der Waals surface area contributed by atoms with Gasteiger partial charge in [-0.1, -0.05) is 24.6 Å². The summed E-state index contributed by atoms with van der Waals surface area (Å²) >= 11 is 6.12. The molecular formula is C33H35ClF3N9O5. The molecule has 1 saturated carbocycles. The van der Waals surface area contributed by atoms with E-state index >= 15 is 0 Å². The minimum absolute atomic E-state index is 0.0119. The molecule has 0 radical (unpaired) electrons. The van der Waals surface area contributed by atoms with E-state index in [4.69, 9.17) is 16.3 Å². The van der Waals surface area contributed by atoms with Gasteiger partial charge < -0.3 is 29.5 Å². The summed E-state index contributed by atoms with van der Waals surface area (Å²) in [5.41, 5.74) is -0.143. The van der Waals surface area contributed by atoms with Crippen molar-refractivity contribution >= 4 is 46.1 Å². The topological polar surface area (TPSA) is 152 Å². The van der Waals surface area contributed by atoms with E-state index in [9.17, 15) is 32.3 Å². The summed E-state index contributed by atoms with van der Waals surface area (Å²) < 4.78 is 49.3. The quantitative estimate of drug-likeness (QED) is 0.279. The fourth-order valence-corrected chi connectivity index (χ4v) is 6.91. The molecule has 0 unspecified atom stereocenters. The third kappa shape index (κ3) is 6.55. The Kier molecular flexibility index (Phi) is 9.26. The molecule has 7 rings (SSSR count). The number of H-pyrrole nitrogens is 1. The van der Waals surface area contributed by atoms with Crippen molar-refractivity contribution in [3.05, 3.63) is 78.8 Å². The Labute approximate surface area is 293 Å². The number of amides is 2. The predicted molar refractivity (Wildman–Crippen MR) is 181 cm³/mol. The van der Waals surface area contributed by atoms with Gasteiger partial charge in [0.15, 0.2) is 5.82 Å². The summed E-state index contributed by atoms with van der Waals surface area (Å²) in [5.74, 6) is -0.585. The van der Waals surface area contributed by atoms with E-state index < -0.39 is 23.2 Å². The average molecular weight is 730 g/mol. The van der Waals surface area contributed by atoms with Crippen LogP contribution in [-0.2, 0) is 28.7 Å². The number of nitrogens with zero attached hydrogens (tertiary/aromatic N) is 7. The molecule has 51 heavy (non-hydrogen) atoms. The third-order valence-corrected chi connectivity index (χ3v) is 9.95. The van der Waals surface area contributed by atoms with Crippen molar-refractivity contribution in [2.24, 2.45) is 0 Å². The van der Waals surface area contributed by atoms with Gasteiger partial charge in [0.25, 0.3) is 17.0 Å². The molecule has 2 amide bonds. The lowest BCUT2D eigenvalue weighted by molar-refractivity contribution is -0.137. The number of ether oxygens (including phenoxy) is 1. The number of hydrogen-bond donors (Lipinski definition) is 2. The van der Waals surface area contributed by atoms with Crippen molar-refractivity contribution in [3.63, 3.8) is 0 Å². The van der Waals surface area contributed by atoms with Crippen LogP contribution in [0.25, 0.3) is 11.4 Å². The molecule has 2 aliphatic heterocycles. The van der Waals surface area contributed by atoms with Gasteiger partial charge in [-0.3, -0.25) is 19.2 Å². The molecule has 4 aromatic rings. The maximum absolute atomic E-state index is 14.2. The van der Waals surface area contributed by atoms with Crippen LogP contribution in [0.5, 0.6) is 0 Å². The molecule has 2 fully saturated rings. The summed E-state index contributed by atoms with van der Waals surface area (Å²) in [5, 5.41) is 9.77. The first-order valence-corrected chi connectivity index (χ1v) is 17.1. The van der Waals surface area contributed by atoms with Gasteiger partial charge in [-0.05, 0) is 55.9 Å². The van der Waals surface area contributed by atoms with Crippen LogP contribution >= 0.6 is 11.6 Å². The second-order valence-electron chi connectivity index (χ2n) is 12.7. The van der Waals surface area contributed by atoms with Gasteiger partial charge in [0.05, 0.1) is 41.2 Å². The van der Waals surface area contributed by atoms with Crippen LogP contribution < -0.4 is 21.3 Å². The van der Waals surface area contributed by atoms with Crippen LogP contribution in [0.1, 0.15) is 66.1 Å². The van der Waals surface area contributed by atoms with E-state index in [0.29, 0.717) is 37.6 Å². The van der Waals surface area contributed by atoms with Gasteiger partial charge in [-0.2, -0.15) is 22.7 Å². The fourth-order valence-electron chi connectivity index (χ4n) is 6.68. The molecule has 1 aliphatic carbocycles. The number of carbonyl (C=O) groups is 2. The molecule has 0 bridgehead atoms. The molecule has 3 aromatic heterocycles. The third-order valence-electron chi connectivity index (χ3n) is 9.63. The van der Waals surface area contributed by atoms with Crippen molar-refractivity contribution in [2.45, 2.75) is 57.8 Å². The number of aromatic nitrogens is 6. The minimum Gasteiger partial charge on any atom is -0.377 e. The average Bonchev–Trinajstić information content (AvgIpc) is 3.70. The number of aromatic amines is 1. The summed E-state index contributed by atoms with van der Waals surface area (Å²) in [6, 6.07) is 2.72. The van der Waals surface area contributed by atoms with E-state index in [-0.39, 0.29) is 78.0 Å².